The number of carbonyl (C=O) groups is 3. The fraction of sp³-hybridized carbons (Fsp3) is 0.0952. The van der Waals surface area contributed by atoms with Gasteiger partial charge in [0.25, 0.3) is 0 Å². The third kappa shape index (κ3) is 5.65. The Kier molecular flexibility index (Phi) is 6.84. The topological polar surface area (TPSA) is 99.1 Å². The first-order chi connectivity index (χ1) is 13.3. The third-order valence-corrected chi connectivity index (χ3v) is 3.37. The summed E-state index contributed by atoms with van der Waals surface area (Å²) in [5.41, 5.74) is 0.421. The summed E-state index contributed by atoms with van der Waals surface area (Å²) in [6.45, 7) is 7.88. The summed E-state index contributed by atoms with van der Waals surface area (Å²) < 4.78 is 15.3. The molecule has 144 valence electrons. The van der Waals surface area contributed by atoms with Crippen LogP contribution in [0.25, 0.3) is 0 Å². The number of hydrogen-bond acceptors (Lipinski definition) is 7. The van der Waals surface area contributed by atoms with Crippen molar-refractivity contribution in [2.75, 3.05) is 6.61 Å². The summed E-state index contributed by atoms with van der Waals surface area (Å²) in [5.74, 6) is -1.18. The minimum atomic E-state index is -0.759. The van der Waals surface area contributed by atoms with Crippen molar-refractivity contribution in [2.24, 2.45) is 0 Å². The van der Waals surface area contributed by atoms with Crippen molar-refractivity contribution >= 4 is 17.9 Å². The van der Waals surface area contributed by atoms with Gasteiger partial charge in [0.2, 0.25) is 0 Å². The van der Waals surface area contributed by atoms with E-state index in [4.69, 9.17) is 19.3 Å². The van der Waals surface area contributed by atoms with Crippen LogP contribution in [0.15, 0.2) is 72.8 Å². The van der Waals surface area contributed by atoms with Crippen molar-refractivity contribution in [3.63, 3.8) is 0 Å². The molecule has 0 atom stereocenters. The molecular weight excluding hydrogens is 364 g/mol. The number of aliphatic hydroxyl groups excluding tert-OH is 1. The van der Waals surface area contributed by atoms with Gasteiger partial charge in [-0.3, -0.25) is 0 Å². The molecular formula is C21H18O7. The van der Waals surface area contributed by atoms with Crippen LogP contribution < -0.4 is 14.2 Å². The SMILES string of the molecule is C=C(C)C(=O)Oc1ccc(OC(=O)c2ccc(OC(=O)C(=C)CO)cc2)cc1. The van der Waals surface area contributed by atoms with Gasteiger partial charge in [0.1, 0.15) is 17.2 Å². The van der Waals surface area contributed by atoms with Gasteiger partial charge in [0, 0.05) is 5.57 Å². The molecule has 0 bridgehead atoms. The number of esters is 3. The van der Waals surface area contributed by atoms with Crippen molar-refractivity contribution in [1.29, 1.82) is 0 Å². The van der Waals surface area contributed by atoms with Crippen LogP contribution >= 0.6 is 0 Å². The third-order valence-electron chi connectivity index (χ3n) is 3.37. The Bertz CT molecular complexity index is 909. The minimum Gasteiger partial charge on any atom is -0.423 e. The molecule has 1 N–H and O–H groups in total. The summed E-state index contributed by atoms with van der Waals surface area (Å²) in [5, 5.41) is 8.83. The molecule has 0 unspecified atom stereocenters. The lowest BCUT2D eigenvalue weighted by Crippen LogP contribution is -2.13. The van der Waals surface area contributed by atoms with E-state index in [1.165, 1.54) is 55.5 Å². The lowest BCUT2D eigenvalue weighted by atomic mass is 10.2. The van der Waals surface area contributed by atoms with Crippen LogP contribution in [0.3, 0.4) is 0 Å². The standard InChI is InChI=1S/C21H18O7/c1-13(2)19(23)26-17-8-10-18(11-9-17)28-21(25)15-4-6-16(7-5-15)27-20(24)14(3)12-22/h4-11,22H,1,3,12H2,2H3. The molecule has 0 spiro atoms. The Morgan fingerprint density at radius 1 is 0.786 bits per heavy atom. The van der Waals surface area contributed by atoms with Gasteiger partial charge in [-0.2, -0.15) is 0 Å². The highest BCUT2D eigenvalue weighted by Crippen LogP contribution is 2.20. The highest BCUT2D eigenvalue weighted by atomic mass is 16.5. The summed E-state index contributed by atoms with van der Waals surface area (Å²) in [4.78, 5) is 35.2. The Balaban J connectivity index is 1.97. The van der Waals surface area contributed by atoms with E-state index in [1.54, 1.807) is 0 Å². The van der Waals surface area contributed by atoms with E-state index >= 15 is 0 Å². The maximum Gasteiger partial charge on any atom is 0.343 e. The number of ether oxygens (including phenoxy) is 3. The second-order valence-electron chi connectivity index (χ2n) is 5.71. The molecule has 2 aromatic rings. The molecule has 0 aliphatic heterocycles. The van der Waals surface area contributed by atoms with Crippen molar-refractivity contribution in [1.82, 2.24) is 0 Å². The van der Waals surface area contributed by atoms with E-state index in [0.717, 1.165) is 0 Å². The molecule has 0 fully saturated rings. The predicted molar refractivity (Wildman–Crippen MR) is 100 cm³/mol. The first kappa shape index (κ1) is 20.6. The van der Waals surface area contributed by atoms with Gasteiger partial charge in [-0.05, 0) is 55.5 Å². The lowest BCUT2D eigenvalue weighted by molar-refractivity contribution is -0.131. The number of benzene rings is 2. The van der Waals surface area contributed by atoms with Crippen molar-refractivity contribution in [2.45, 2.75) is 6.92 Å². The molecule has 7 heteroatoms. The maximum atomic E-state index is 12.2. The molecule has 0 aromatic heterocycles. The van der Waals surface area contributed by atoms with Gasteiger partial charge in [0.15, 0.2) is 0 Å². The van der Waals surface area contributed by atoms with Gasteiger partial charge >= 0.3 is 17.9 Å². The molecule has 28 heavy (non-hydrogen) atoms. The van der Waals surface area contributed by atoms with Gasteiger partial charge in [0.05, 0.1) is 17.7 Å². The molecule has 2 aromatic carbocycles. The Labute approximate surface area is 161 Å². The maximum absolute atomic E-state index is 12.2. The zero-order valence-corrected chi connectivity index (χ0v) is 15.1. The van der Waals surface area contributed by atoms with Crippen LogP contribution in [-0.4, -0.2) is 29.6 Å². The van der Waals surface area contributed by atoms with Gasteiger partial charge in [-0.15, -0.1) is 0 Å². The molecule has 0 amide bonds. The molecule has 0 saturated heterocycles. The minimum absolute atomic E-state index is 0.0825. The van der Waals surface area contributed by atoms with Crippen LogP contribution in [0.5, 0.6) is 17.2 Å². The van der Waals surface area contributed by atoms with Crippen LogP contribution in [0.1, 0.15) is 17.3 Å². The largest absolute Gasteiger partial charge is 0.423 e. The van der Waals surface area contributed by atoms with E-state index in [2.05, 4.69) is 13.2 Å². The highest BCUT2D eigenvalue weighted by Gasteiger charge is 2.12. The predicted octanol–water partition coefficient (Wildman–Crippen LogP) is 2.84. The first-order valence-electron chi connectivity index (χ1n) is 8.11. The molecule has 2 rings (SSSR count). The summed E-state index contributed by atoms with van der Waals surface area (Å²) in [6, 6.07) is 11.6. The molecule has 0 radical (unpaired) electrons. The van der Waals surface area contributed by atoms with Crippen molar-refractivity contribution in [3.05, 3.63) is 78.4 Å². The number of carbonyl (C=O) groups excluding carboxylic acids is 3. The second kappa shape index (κ2) is 9.29. The van der Waals surface area contributed by atoms with Gasteiger partial charge in [-0.25, -0.2) is 14.4 Å². The van der Waals surface area contributed by atoms with Crippen molar-refractivity contribution in [3.8, 4) is 17.2 Å². The molecule has 0 aliphatic carbocycles. The first-order valence-corrected chi connectivity index (χ1v) is 8.11. The summed E-state index contributed by atoms with van der Waals surface area (Å²) in [7, 11) is 0. The van der Waals surface area contributed by atoms with E-state index in [0.29, 0.717) is 5.75 Å². The van der Waals surface area contributed by atoms with Crippen LogP contribution in [-0.2, 0) is 9.59 Å². The highest BCUT2D eigenvalue weighted by molar-refractivity contribution is 5.92. The fourth-order valence-corrected chi connectivity index (χ4v) is 1.84. The van der Waals surface area contributed by atoms with E-state index < -0.39 is 24.5 Å². The average molecular weight is 382 g/mol. The second-order valence-corrected chi connectivity index (χ2v) is 5.71. The van der Waals surface area contributed by atoms with E-state index in [1.807, 2.05) is 0 Å². The van der Waals surface area contributed by atoms with Crippen LogP contribution in [0.2, 0.25) is 0 Å². The van der Waals surface area contributed by atoms with Crippen LogP contribution in [0.4, 0.5) is 0 Å². The van der Waals surface area contributed by atoms with E-state index in [9.17, 15) is 14.4 Å². The Hall–Kier alpha value is -3.71. The molecule has 0 saturated carbocycles. The lowest BCUT2D eigenvalue weighted by Gasteiger charge is -2.08. The zero-order valence-electron chi connectivity index (χ0n) is 15.1. The smallest absolute Gasteiger partial charge is 0.343 e. The number of hydrogen-bond donors (Lipinski definition) is 1. The monoisotopic (exact) mass is 382 g/mol. The van der Waals surface area contributed by atoms with Crippen molar-refractivity contribution < 1.29 is 33.7 Å². The zero-order chi connectivity index (χ0) is 20.7. The Morgan fingerprint density at radius 3 is 1.68 bits per heavy atom. The summed E-state index contributed by atoms with van der Waals surface area (Å²) in [6.07, 6.45) is 0. The summed E-state index contributed by atoms with van der Waals surface area (Å²) >= 11 is 0. The number of aliphatic hydroxyl groups is 1. The van der Waals surface area contributed by atoms with Gasteiger partial charge in [-0.1, -0.05) is 13.2 Å². The quantitative estimate of drug-likeness (QED) is 0.446. The van der Waals surface area contributed by atoms with E-state index in [-0.39, 0.29) is 28.2 Å². The van der Waals surface area contributed by atoms with Crippen LogP contribution in [0, 0.1) is 0 Å². The fourth-order valence-electron chi connectivity index (χ4n) is 1.84. The molecule has 0 heterocycles. The average Bonchev–Trinajstić information content (AvgIpc) is 2.69. The number of rotatable bonds is 7. The molecule has 7 nitrogen and oxygen atoms in total. The normalized spacial score (nSPS) is 9.93. The molecule has 0 aliphatic rings. The Morgan fingerprint density at radius 2 is 1.21 bits per heavy atom. The van der Waals surface area contributed by atoms with Gasteiger partial charge < -0.3 is 19.3 Å².